The SMILES string of the molecule is O=S(=O)(Cl)Cl.c1ccc(N2CCOCC2)cc1. The Kier molecular flexibility index (Phi) is 6.05. The highest BCUT2D eigenvalue weighted by molar-refractivity contribution is 8.31. The topological polar surface area (TPSA) is 46.6 Å². The molecule has 0 amide bonds. The van der Waals surface area contributed by atoms with E-state index in [1.54, 1.807) is 0 Å². The highest BCUT2D eigenvalue weighted by atomic mass is 36.0. The van der Waals surface area contributed by atoms with Gasteiger partial charge in [-0.3, -0.25) is 0 Å². The number of hydrogen-bond acceptors (Lipinski definition) is 4. The van der Waals surface area contributed by atoms with Gasteiger partial charge in [0, 0.05) is 40.1 Å². The summed E-state index contributed by atoms with van der Waals surface area (Å²) in [7, 11) is 4.81. The van der Waals surface area contributed by atoms with Crippen LogP contribution in [0.25, 0.3) is 0 Å². The average Bonchev–Trinajstić information content (AvgIpc) is 2.29. The van der Waals surface area contributed by atoms with E-state index < -0.39 is 8.26 Å². The van der Waals surface area contributed by atoms with Crippen molar-refractivity contribution in [3.63, 3.8) is 0 Å². The fraction of sp³-hybridized carbons (Fsp3) is 0.400. The molecule has 0 aromatic heterocycles. The Bertz CT molecular complexity index is 410. The van der Waals surface area contributed by atoms with Gasteiger partial charge < -0.3 is 9.64 Å². The molecule has 0 radical (unpaired) electrons. The predicted molar refractivity (Wildman–Crippen MR) is 70.1 cm³/mol. The summed E-state index contributed by atoms with van der Waals surface area (Å²) in [6, 6.07) is 10.5. The van der Waals surface area contributed by atoms with Crippen LogP contribution in [0.15, 0.2) is 30.3 Å². The summed E-state index contributed by atoms with van der Waals surface area (Å²) < 4.78 is 23.6. The van der Waals surface area contributed by atoms with Crippen LogP contribution in [0.4, 0.5) is 5.69 Å². The molecule has 0 aliphatic carbocycles. The minimum atomic E-state index is -3.72. The first kappa shape index (κ1) is 14.6. The zero-order chi connectivity index (χ0) is 12.7. The van der Waals surface area contributed by atoms with Crippen LogP contribution in [0.3, 0.4) is 0 Å². The summed E-state index contributed by atoms with van der Waals surface area (Å²) in [6.45, 7) is 3.75. The van der Waals surface area contributed by atoms with E-state index >= 15 is 0 Å². The van der Waals surface area contributed by atoms with Crippen LogP contribution in [0.1, 0.15) is 0 Å². The third kappa shape index (κ3) is 7.44. The Hall–Kier alpha value is -0.490. The van der Waals surface area contributed by atoms with Gasteiger partial charge in [0.1, 0.15) is 0 Å². The van der Waals surface area contributed by atoms with Gasteiger partial charge in [-0.05, 0) is 12.1 Å². The molecule has 1 aromatic rings. The van der Waals surface area contributed by atoms with E-state index in [1.165, 1.54) is 5.69 Å². The van der Waals surface area contributed by atoms with Crippen molar-refractivity contribution in [1.82, 2.24) is 0 Å². The Morgan fingerprint density at radius 1 is 1.06 bits per heavy atom. The standard InChI is InChI=1S/C10H13NO.Cl2O2S/c1-2-4-10(5-3-1)11-6-8-12-9-7-11;1-5(2,3)4/h1-5H,6-9H2;. The highest BCUT2D eigenvalue weighted by Crippen LogP contribution is 2.13. The first-order valence-electron chi connectivity index (χ1n) is 4.99. The largest absolute Gasteiger partial charge is 0.378 e. The highest BCUT2D eigenvalue weighted by Gasteiger charge is 2.09. The van der Waals surface area contributed by atoms with E-state index in [1.807, 2.05) is 6.07 Å². The minimum Gasteiger partial charge on any atom is -0.378 e. The van der Waals surface area contributed by atoms with E-state index in [-0.39, 0.29) is 0 Å². The van der Waals surface area contributed by atoms with E-state index in [2.05, 4.69) is 50.5 Å². The lowest BCUT2D eigenvalue weighted by Crippen LogP contribution is -2.36. The molecule has 96 valence electrons. The lowest BCUT2D eigenvalue weighted by atomic mass is 10.3. The van der Waals surface area contributed by atoms with Crippen molar-refractivity contribution in [2.24, 2.45) is 0 Å². The van der Waals surface area contributed by atoms with E-state index in [0.29, 0.717) is 0 Å². The van der Waals surface area contributed by atoms with Crippen molar-refractivity contribution in [2.75, 3.05) is 31.2 Å². The normalized spacial score (nSPS) is 16.0. The van der Waals surface area contributed by atoms with Gasteiger partial charge in [-0.15, -0.1) is 0 Å². The Morgan fingerprint density at radius 2 is 1.53 bits per heavy atom. The molecule has 0 N–H and O–H groups in total. The first-order chi connectivity index (χ1) is 7.97. The summed E-state index contributed by atoms with van der Waals surface area (Å²) in [6.07, 6.45) is 0. The first-order valence-corrected chi connectivity index (χ1v) is 8.12. The number of halogens is 2. The second-order valence-corrected chi connectivity index (χ2v) is 6.98. The molecule has 17 heavy (non-hydrogen) atoms. The lowest BCUT2D eigenvalue weighted by molar-refractivity contribution is 0.122. The maximum absolute atomic E-state index is 9.16. The monoisotopic (exact) mass is 297 g/mol. The zero-order valence-corrected chi connectivity index (χ0v) is 11.4. The van der Waals surface area contributed by atoms with Gasteiger partial charge in [0.2, 0.25) is 0 Å². The van der Waals surface area contributed by atoms with Crippen molar-refractivity contribution in [3.8, 4) is 0 Å². The number of hydrogen-bond donors (Lipinski definition) is 0. The van der Waals surface area contributed by atoms with Gasteiger partial charge in [-0.1, -0.05) is 18.2 Å². The van der Waals surface area contributed by atoms with Crippen LogP contribution in [-0.4, -0.2) is 34.7 Å². The predicted octanol–water partition coefficient (Wildman–Crippen LogP) is 2.23. The van der Waals surface area contributed by atoms with Crippen molar-refractivity contribution in [1.29, 1.82) is 0 Å². The van der Waals surface area contributed by atoms with Gasteiger partial charge in [0.15, 0.2) is 0 Å². The molecule has 1 aromatic carbocycles. The van der Waals surface area contributed by atoms with Gasteiger partial charge in [0.05, 0.1) is 13.2 Å². The molecule has 0 bridgehead atoms. The molecule has 7 heteroatoms. The summed E-state index contributed by atoms with van der Waals surface area (Å²) in [5.74, 6) is 0. The van der Waals surface area contributed by atoms with Gasteiger partial charge in [-0.25, -0.2) is 0 Å². The van der Waals surface area contributed by atoms with Crippen LogP contribution in [-0.2, 0) is 13.0 Å². The summed E-state index contributed by atoms with van der Waals surface area (Å²) in [4.78, 5) is 2.35. The molecule has 4 nitrogen and oxygen atoms in total. The smallest absolute Gasteiger partial charge is 0.317 e. The summed E-state index contributed by atoms with van der Waals surface area (Å²) >= 11 is 0. The van der Waals surface area contributed by atoms with Crippen molar-refractivity contribution < 1.29 is 13.2 Å². The number of anilines is 1. The molecular weight excluding hydrogens is 285 g/mol. The maximum Gasteiger partial charge on any atom is 0.317 e. The van der Waals surface area contributed by atoms with Crippen LogP contribution < -0.4 is 4.90 Å². The van der Waals surface area contributed by atoms with Gasteiger partial charge in [0.25, 0.3) is 0 Å². The van der Waals surface area contributed by atoms with E-state index in [4.69, 9.17) is 13.2 Å². The van der Waals surface area contributed by atoms with Crippen LogP contribution in [0.2, 0.25) is 0 Å². The molecule has 1 saturated heterocycles. The quantitative estimate of drug-likeness (QED) is 0.746. The molecule has 1 heterocycles. The van der Waals surface area contributed by atoms with Crippen LogP contribution in [0.5, 0.6) is 0 Å². The molecule has 0 unspecified atom stereocenters. The number of morpholine rings is 1. The Morgan fingerprint density at radius 3 is 2.00 bits per heavy atom. The molecule has 0 atom stereocenters. The number of rotatable bonds is 1. The fourth-order valence-electron chi connectivity index (χ4n) is 1.46. The third-order valence-corrected chi connectivity index (χ3v) is 2.13. The number of benzene rings is 1. The van der Waals surface area contributed by atoms with Crippen molar-refractivity contribution in [3.05, 3.63) is 30.3 Å². The molecule has 0 saturated carbocycles. The van der Waals surface area contributed by atoms with Gasteiger partial charge in [-0.2, -0.15) is 8.42 Å². The average molecular weight is 298 g/mol. The molecule has 1 aliphatic rings. The van der Waals surface area contributed by atoms with Crippen molar-refractivity contribution >= 4 is 35.3 Å². The lowest BCUT2D eigenvalue weighted by Gasteiger charge is -2.28. The second kappa shape index (κ2) is 7.06. The third-order valence-electron chi connectivity index (χ3n) is 2.13. The summed E-state index contributed by atoms with van der Waals surface area (Å²) in [5.41, 5.74) is 1.31. The van der Waals surface area contributed by atoms with E-state index in [9.17, 15) is 0 Å². The zero-order valence-electron chi connectivity index (χ0n) is 9.05. The Balaban J connectivity index is 0.000000249. The maximum atomic E-state index is 9.16. The number of para-hydroxylation sites is 1. The molecule has 0 spiro atoms. The number of nitrogens with zero attached hydrogens (tertiary/aromatic N) is 1. The van der Waals surface area contributed by atoms with Crippen molar-refractivity contribution in [2.45, 2.75) is 0 Å². The van der Waals surface area contributed by atoms with E-state index in [0.717, 1.165) is 26.3 Å². The second-order valence-electron chi connectivity index (χ2n) is 3.31. The Labute approximate surface area is 110 Å². The minimum absolute atomic E-state index is 0.856. The van der Waals surface area contributed by atoms with Crippen LogP contribution >= 0.6 is 21.4 Å². The van der Waals surface area contributed by atoms with Crippen LogP contribution in [0, 0.1) is 0 Å². The van der Waals surface area contributed by atoms with Gasteiger partial charge >= 0.3 is 8.26 Å². The number of ether oxygens (including phenoxy) is 1. The molecule has 1 fully saturated rings. The summed E-state index contributed by atoms with van der Waals surface area (Å²) in [5, 5.41) is 0. The molecule has 2 rings (SSSR count). The molecule has 1 aliphatic heterocycles. The molecular formula is C10H13Cl2NO3S. The fourth-order valence-corrected chi connectivity index (χ4v) is 1.46.